The van der Waals surface area contributed by atoms with Crippen LogP contribution < -0.4 is 5.56 Å². The SMILES string of the molecule is O=c1c2cc([N+](=O)[O-])ccc2nc(-c2cccs2)n1O. The average Bonchev–Trinajstić information content (AvgIpc) is 2.96. The van der Waals surface area contributed by atoms with Crippen LogP contribution in [-0.4, -0.2) is 19.8 Å². The van der Waals surface area contributed by atoms with Crippen molar-refractivity contribution in [3.8, 4) is 10.7 Å². The minimum atomic E-state index is -0.734. The summed E-state index contributed by atoms with van der Waals surface area (Å²) in [5.41, 5.74) is -0.656. The number of hydrogen-bond donors (Lipinski definition) is 1. The third-order valence-corrected chi connectivity index (χ3v) is 3.65. The van der Waals surface area contributed by atoms with Crippen molar-refractivity contribution in [1.29, 1.82) is 0 Å². The zero-order valence-electron chi connectivity index (χ0n) is 9.89. The van der Waals surface area contributed by atoms with Gasteiger partial charge in [-0.1, -0.05) is 6.07 Å². The summed E-state index contributed by atoms with van der Waals surface area (Å²) in [6.45, 7) is 0. The Morgan fingerprint density at radius 1 is 1.35 bits per heavy atom. The largest absolute Gasteiger partial charge is 0.423 e. The van der Waals surface area contributed by atoms with Crippen LogP contribution in [0.2, 0.25) is 0 Å². The second kappa shape index (κ2) is 4.42. The lowest BCUT2D eigenvalue weighted by atomic mass is 10.2. The highest BCUT2D eigenvalue weighted by molar-refractivity contribution is 7.13. The van der Waals surface area contributed by atoms with Crippen molar-refractivity contribution in [3.05, 3.63) is 56.2 Å². The van der Waals surface area contributed by atoms with Crippen LogP contribution in [0, 0.1) is 10.1 Å². The van der Waals surface area contributed by atoms with Gasteiger partial charge in [-0.3, -0.25) is 14.9 Å². The maximum absolute atomic E-state index is 12.1. The van der Waals surface area contributed by atoms with E-state index in [2.05, 4.69) is 4.98 Å². The highest BCUT2D eigenvalue weighted by atomic mass is 32.1. The summed E-state index contributed by atoms with van der Waals surface area (Å²) >= 11 is 1.33. The second-order valence-electron chi connectivity index (χ2n) is 3.99. The molecule has 0 radical (unpaired) electrons. The van der Waals surface area contributed by atoms with E-state index >= 15 is 0 Å². The van der Waals surface area contributed by atoms with Crippen LogP contribution in [0.4, 0.5) is 5.69 Å². The van der Waals surface area contributed by atoms with Gasteiger partial charge in [-0.15, -0.1) is 16.1 Å². The summed E-state index contributed by atoms with van der Waals surface area (Å²) in [6, 6.07) is 7.26. The summed E-state index contributed by atoms with van der Waals surface area (Å²) in [7, 11) is 0. The molecule has 3 rings (SSSR count). The molecule has 2 heterocycles. The van der Waals surface area contributed by atoms with E-state index < -0.39 is 10.5 Å². The Bertz CT molecular complexity index is 870. The summed E-state index contributed by atoms with van der Waals surface area (Å²) in [6.07, 6.45) is 0. The lowest BCUT2D eigenvalue weighted by molar-refractivity contribution is -0.384. The molecular formula is C12H7N3O4S. The molecule has 7 nitrogen and oxygen atoms in total. The van der Waals surface area contributed by atoms with Gasteiger partial charge in [-0.2, -0.15) is 0 Å². The molecule has 2 aromatic heterocycles. The van der Waals surface area contributed by atoms with E-state index in [9.17, 15) is 20.1 Å². The topological polar surface area (TPSA) is 98.3 Å². The normalized spacial score (nSPS) is 10.8. The van der Waals surface area contributed by atoms with E-state index in [0.717, 1.165) is 6.07 Å². The Morgan fingerprint density at radius 2 is 2.15 bits per heavy atom. The first-order valence-electron chi connectivity index (χ1n) is 5.52. The molecule has 1 N–H and O–H groups in total. The number of nitro benzene ring substituents is 1. The minimum Gasteiger partial charge on any atom is -0.423 e. The Hall–Kier alpha value is -2.74. The summed E-state index contributed by atoms with van der Waals surface area (Å²) in [4.78, 5) is 27.0. The maximum Gasteiger partial charge on any atom is 0.294 e. The van der Waals surface area contributed by atoms with Gasteiger partial charge in [0.1, 0.15) is 0 Å². The molecular weight excluding hydrogens is 282 g/mol. The van der Waals surface area contributed by atoms with Gasteiger partial charge >= 0.3 is 0 Å². The van der Waals surface area contributed by atoms with E-state index in [1.54, 1.807) is 17.5 Å². The molecule has 0 aliphatic heterocycles. The van der Waals surface area contributed by atoms with Crippen molar-refractivity contribution >= 4 is 27.9 Å². The molecule has 0 spiro atoms. The fourth-order valence-electron chi connectivity index (χ4n) is 1.84. The summed E-state index contributed by atoms with van der Waals surface area (Å²) in [5, 5.41) is 22.4. The number of thiophene rings is 1. The predicted molar refractivity (Wildman–Crippen MR) is 73.2 cm³/mol. The molecule has 0 atom stereocenters. The van der Waals surface area contributed by atoms with Crippen molar-refractivity contribution in [2.75, 3.05) is 0 Å². The average molecular weight is 289 g/mol. The molecule has 0 fully saturated rings. The van der Waals surface area contributed by atoms with Crippen molar-refractivity contribution in [3.63, 3.8) is 0 Å². The Balaban J connectivity index is 2.34. The van der Waals surface area contributed by atoms with E-state index in [4.69, 9.17) is 0 Å². The first kappa shape index (κ1) is 12.3. The third kappa shape index (κ3) is 1.82. The number of non-ortho nitro benzene ring substituents is 1. The number of fused-ring (bicyclic) bond motifs is 1. The molecule has 0 unspecified atom stereocenters. The molecule has 0 aliphatic carbocycles. The number of hydrogen-bond acceptors (Lipinski definition) is 6. The summed E-state index contributed by atoms with van der Waals surface area (Å²) in [5.74, 6) is 0.117. The fraction of sp³-hybridized carbons (Fsp3) is 0. The van der Waals surface area contributed by atoms with Gasteiger partial charge in [-0.25, -0.2) is 4.98 Å². The molecule has 0 aliphatic rings. The minimum absolute atomic E-state index is 0.00186. The van der Waals surface area contributed by atoms with Gasteiger partial charge < -0.3 is 5.21 Å². The van der Waals surface area contributed by atoms with Gasteiger partial charge in [0.15, 0.2) is 5.82 Å². The number of rotatable bonds is 2. The van der Waals surface area contributed by atoms with Gasteiger partial charge in [0.2, 0.25) is 0 Å². The Morgan fingerprint density at radius 3 is 2.80 bits per heavy atom. The monoisotopic (exact) mass is 289 g/mol. The first-order valence-corrected chi connectivity index (χ1v) is 6.40. The van der Waals surface area contributed by atoms with Crippen LogP contribution in [0.5, 0.6) is 0 Å². The second-order valence-corrected chi connectivity index (χ2v) is 4.94. The van der Waals surface area contributed by atoms with E-state index in [0.29, 0.717) is 15.1 Å². The van der Waals surface area contributed by atoms with E-state index in [1.165, 1.54) is 23.5 Å². The van der Waals surface area contributed by atoms with Crippen molar-refractivity contribution < 1.29 is 10.1 Å². The van der Waals surface area contributed by atoms with E-state index in [-0.39, 0.29) is 16.9 Å². The molecule has 100 valence electrons. The molecule has 1 aromatic carbocycles. The molecule has 0 saturated carbocycles. The highest BCUT2D eigenvalue weighted by Gasteiger charge is 2.15. The first-order chi connectivity index (χ1) is 9.58. The van der Waals surface area contributed by atoms with Gasteiger partial charge in [0.05, 0.1) is 20.7 Å². The van der Waals surface area contributed by atoms with Gasteiger partial charge in [0.25, 0.3) is 11.2 Å². The number of benzene rings is 1. The summed E-state index contributed by atoms with van der Waals surface area (Å²) < 4.78 is 0.415. The Kier molecular flexibility index (Phi) is 2.72. The molecule has 8 heteroatoms. The zero-order valence-corrected chi connectivity index (χ0v) is 10.7. The molecule has 0 saturated heterocycles. The molecule has 20 heavy (non-hydrogen) atoms. The zero-order chi connectivity index (χ0) is 14.3. The van der Waals surface area contributed by atoms with Gasteiger partial charge in [0, 0.05) is 12.1 Å². The standard InChI is InChI=1S/C12H7N3O4S/c16-12-8-6-7(15(18)19)3-4-9(8)13-11(14(12)17)10-2-1-5-20-10/h1-6,17H. The highest BCUT2D eigenvalue weighted by Crippen LogP contribution is 2.24. The van der Waals surface area contributed by atoms with Crippen LogP contribution in [-0.2, 0) is 0 Å². The molecule has 0 bridgehead atoms. The number of nitrogens with zero attached hydrogens (tertiary/aromatic N) is 3. The van der Waals surface area contributed by atoms with Gasteiger partial charge in [-0.05, 0) is 17.5 Å². The number of aromatic nitrogens is 2. The van der Waals surface area contributed by atoms with Crippen LogP contribution in [0.3, 0.4) is 0 Å². The third-order valence-electron chi connectivity index (χ3n) is 2.78. The van der Waals surface area contributed by atoms with Crippen molar-refractivity contribution in [1.82, 2.24) is 9.71 Å². The smallest absolute Gasteiger partial charge is 0.294 e. The van der Waals surface area contributed by atoms with Crippen LogP contribution in [0.1, 0.15) is 0 Å². The molecule has 3 aromatic rings. The van der Waals surface area contributed by atoms with Crippen molar-refractivity contribution in [2.45, 2.75) is 0 Å². The Labute approximate surface area is 115 Å². The van der Waals surface area contributed by atoms with Crippen molar-refractivity contribution in [2.24, 2.45) is 0 Å². The lowest BCUT2D eigenvalue weighted by Gasteiger charge is -2.05. The fourth-order valence-corrected chi connectivity index (χ4v) is 2.54. The van der Waals surface area contributed by atoms with E-state index in [1.807, 2.05) is 0 Å². The molecule has 0 amide bonds. The van der Waals surface area contributed by atoms with Crippen LogP contribution in [0.15, 0.2) is 40.5 Å². The lowest BCUT2D eigenvalue weighted by Crippen LogP contribution is -2.21. The van der Waals surface area contributed by atoms with Crippen LogP contribution in [0.25, 0.3) is 21.6 Å². The van der Waals surface area contributed by atoms with Crippen LogP contribution >= 0.6 is 11.3 Å². The maximum atomic E-state index is 12.1. The quantitative estimate of drug-likeness (QED) is 0.443. The number of nitro groups is 1. The predicted octanol–water partition coefficient (Wildman–Crippen LogP) is 2.27.